The fourth-order valence-corrected chi connectivity index (χ4v) is 2.35. The Bertz CT molecular complexity index is 411. The summed E-state index contributed by atoms with van der Waals surface area (Å²) in [4.78, 5) is 12.0. The van der Waals surface area contributed by atoms with E-state index >= 15 is 0 Å². The number of hydrogen-bond donors (Lipinski definition) is 2. The van der Waals surface area contributed by atoms with Crippen LogP contribution in [0.3, 0.4) is 0 Å². The minimum absolute atomic E-state index is 0.352. The van der Waals surface area contributed by atoms with Crippen LogP contribution in [0.2, 0.25) is 0 Å². The highest BCUT2D eigenvalue weighted by Crippen LogP contribution is 2.31. The molecule has 2 N–H and O–H groups in total. The highest BCUT2D eigenvalue weighted by Gasteiger charge is 2.46. The first-order valence-corrected chi connectivity index (χ1v) is 7.61. The molecule has 0 radical (unpaired) electrons. The summed E-state index contributed by atoms with van der Waals surface area (Å²) in [6.07, 6.45) is 1.45. The van der Waals surface area contributed by atoms with E-state index in [1.165, 1.54) is 0 Å². The Labute approximate surface area is 132 Å². The third-order valence-corrected chi connectivity index (χ3v) is 3.10. The maximum Gasteiger partial charge on any atom is 0.408 e. The van der Waals surface area contributed by atoms with Gasteiger partial charge in [-0.25, -0.2) is 4.79 Å². The standard InChI is InChI=1S/C16H29NO5/c1-8-9-11-13(21-16(6,7)20-11)12(10(2)18)17-14(19)22-15(3,4)5/h8-13,18H,1-7H3,(H,17,19)/b9-8+/t10-,11-,12+,13+/m0/s1. The molecule has 6 nitrogen and oxygen atoms in total. The quantitative estimate of drug-likeness (QED) is 0.779. The normalized spacial score (nSPS) is 27.6. The summed E-state index contributed by atoms with van der Waals surface area (Å²) in [6.45, 7) is 12.4. The summed E-state index contributed by atoms with van der Waals surface area (Å²) < 4.78 is 16.9. The predicted octanol–water partition coefficient (Wildman–Crippen LogP) is 2.36. The lowest BCUT2D eigenvalue weighted by Gasteiger charge is -2.30. The summed E-state index contributed by atoms with van der Waals surface area (Å²) >= 11 is 0. The van der Waals surface area contributed by atoms with Gasteiger partial charge in [0.1, 0.15) is 17.8 Å². The molecule has 1 rings (SSSR count). The molecule has 1 amide bonds. The molecule has 22 heavy (non-hydrogen) atoms. The fourth-order valence-electron chi connectivity index (χ4n) is 2.35. The van der Waals surface area contributed by atoms with E-state index in [2.05, 4.69) is 5.32 Å². The van der Waals surface area contributed by atoms with Crippen LogP contribution in [0.25, 0.3) is 0 Å². The molecule has 6 heteroatoms. The number of amides is 1. The van der Waals surface area contributed by atoms with Crippen molar-refractivity contribution in [3.8, 4) is 0 Å². The van der Waals surface area contributed by atoms with E-state index in [-0.39, 0.29) is 6.10 Å². The van der Waals surface area contributed by atoms with Gasteiger partial charge in [0.25, 0.3) is 0 Å². The highest BCUT2D eigenvalue weighted by molar-refractivity contribution is 5.68. The summed E-state index contributed by atoms with van der Waals surface area (Å²) in [5, 5.41) is 12.7. The average Bonchev–Trinajstić information content (AvgIpc) is 2.59. The lowest BCUT2D eigenvalue weighted by molar-refractivity contribution is -0.148. The minimum Gasteiger partial charge on any atom is -0.444 e. The number of aliphatic hydroxyl groups excluding tert-OH is 1. The van der Waals surface area contributed by atoms with E-state index in [4.69, 9.17) is 14.2 Å². The van der Waals surface area contributed by atoms with E-state index in [0.717, 1.165) is 0 Å². The van der Waals surface area contributed by atoms with Gasteiger partial charge in [0.05, 0.1) is 12.1 Å². The van der Waals surface area contributed by atoms with E-state index in [9.17, 15) is 9.90 Å². The van der Waals surface area contributed by atoms with Crippen molar-refractivity contribution in [2.24, 2.45) is 0 Å². The molecule has 0 aromatic carbocycles. The largest absolute Gasteiger partial charge is 0.444 e. The molecular weight excluding hydrogens is 286 g/mol. The van der Waals surface area contributed by atoms with E-state index in [1.54, 1.807) is 41.5 Å². The molecule has 128 valence electrons. The molecule has 0 aromatic heterocycles. The highest BCUT2D eigenvalue weighted by atomic mass is 16.8. The Morgan fingerprint density at radius 1 is 1.36 bits per heavy atom. The first-order valence-electron chi connectivity index (χ1n) is 7.61. The van der Waals surface area contributed by atoms with E-state index < -0.39 is 35.7 Å². The number of aliphatic hydroxyl groups is 1. The first kappa shape index (κ1) is 18.9. The zero-order valence-electron chi connectivity index (χ0n) is 14.5. The van der Waals surface area contributed by atoms with E-state index in [0.29, 0.717) is 0 Å². The molecular formula is C16H29NO5. The number of allylic oxidation sites excluding steroid dienone is 1. The van der Waals surface area contributed by atoms with Gasteiger partial charge in [-0.3, -0.25) is 0 Å². The minimum atomic E-state index is -0.817. The van der Waals surface area contributed by atoms with Gasteiger partial charge >= 0.3 is 6.09 Å². The average molecular weight is 315 g/mol. The van der Waals surface area contributed by atoms with Gasteiger partial charge in [-0.05, 0) is 48.5 Å². The summed E-state index contributed by atoms with van der Waals surface area (Å²) in [6, 6.07) is -0.641. The van der Waals surface area contributed by atoms with Crippen LogP contribution in [-0.2, 0) is 14.2 Å². The topological polar surface area (TPSA) is 77.0 Å². The molecule has 1 aliphatic rings. The molecule has 0 aliphatic carbocycles. The van der Waals surface area contributed by atoms with Crippen molar-refractivity contribution in [2.45, 2.75) is 84.2 Å². The second kappa shape index (κ2) is 6.98. The predicted molar refractivity (Wildman–Crippen MR) is 83.5 cm³/mol. The third-order valence-electron chi connectivity index (χ3n) is 3.10. The number of ether oxygens (including phenoxy) is 3. The zero-order chi connectivity index (χ0) is 17.1. The molecule has 1 saturated heterocycles. The Kier molecular flexibility index (Phi) is 6.01. The van der Waals surface area contributed by atoms with Gasteiger partial charge in [-0.2, -0.15) is 0 Å². The Morgan fingerprint density at radius 3 is 2.41 bits per heavy atom. The zero-order valence-corrected chi connectivity index (χ0v) is 14.5. The molecule has 0 saturated carbocycles. The Hall–Kier alpha value is -1.11. The molecule has 1 fully saturated rings. The van der Waals surface area contributed by atoms with Gasteiger partial charge in [0, 0.05) is 0 Å². The van der Waals surface area contributed by atoms with E-state index in [1.807, 2.05) is 19.1 Å². The van der Waals surface area contributed by atoms with Gasteiger partial charge in [0.15, 0.2) is 5.79 Å². The van der Waals surface area contributed by atoms with Gasteiger partial charge in [0.2, 0.25) is 0 Å². The van der Waals surface area contributed by atoms with Crippen molar-refractivity contribution in [1.82, 2.24) is 5.32 Å². The number of hydrogen-bond acceptors (Lipinski definition) is 5. The lowest BCUT2D eigenvalue weighted by Crippen LogP contribution is -2.54. The van der Waals surface area contributed by atoms with Crippen molar-refractivity contribution in [3.05, 3.63) is 12.2 Å². The second-order valence-electron chi connectivity index (χ2n) is 7.00. The van der Waals surface area contributed by atoms with Gasteiger partial charge in [-0.15, -0.1) is 0 Å². The molecule has 0 aromatic rings. The van der Waals surface area contributed by atoms with Crippen LogP contribution in [0, 0.1) is 0 Å². The van der Waals surface area contributed by atoms with Crippen molar-refractivity contribution in [3.63, 3.8) is 0 Å². The molecule has 1 heterocycles. The van der Waals surface area contributed by atoms with Crippen molar-refractivity contribution < 1.29 is 24.1 Å². The van der Waals surface area contributed by atoms with Crippen LogP contribution >= 0.6 is 0 Å². The van der Waals surface area contributed by atoms with Gasteiger partial charge < -0.3 is 24.6 Å². The summed E-state index contributed by atoms with van der Waals surface area (Å²) in [7, 11) is 0. The first-order chi connectivity index (χ1) is 9.95. The number of rotatable bonds is 4. The van der Waals surface area contributed by atoms with Crippen LogP contribution in [-0.4, -0.2) is 46.9 Å². The monoisotopic (exact) mass is 315 g/mol. The molecule has 1 aliphatic heterocycles. The van der Waals surface area contributed by atoms with Crippen molar-refractivity contribution >= 4 is 6.09 Å². The maximum absolute atomic E-state index is 12.0. The van der Waals surface area contributed by atoms with Crippen molar-refractivity contribution in [2.75, 3.05) is 0 Å². The molecule has 0 unspecified atom stereocenters. The third kappa shape index (κ3) is 5.59. The summed E-state index contributed by atoms with van der Waals surface area (Å²) in [5.41, 5.74) is -0.609. The maximum atomic E-state index is 12.0. The second-order valence-corrected chi connectivity index (χ2v) is 7.00. The van der Waals surface area contributed by atoms with Crippen LogP contribution in [0.15, 0.2) is 12.2 Å². The lowest BCUT2D eigenvalue weighted by atomic mass is 10.0. The van der Waals surface area contributed by atoms with Crippen LogP contribution < -0.4 is 5.32 Å². The van der Waals surface area contributed by atoms with Crippen molar-refractivity contribution in [1.29, 1.82) is 0 Å². The number of nitrogens with one attached hydrogen (secondary N) is 1. The molecule has 0 spiro atoms. The van der Waals surface area contributed by atoms with Gasteiger partial charge in [-0.1, -0.05) is 12.2 Å². The number of carbonyl (C=O) groups excluding carboxylic acids is 1. The van der Waals surface area contributed by atoms with Crippen LogP contribution in [0.1, 0.15) is 48.5 Å². The summed E-state index contributed by atoms with van der Waals surface area (Å²) in [5.74, 6) is -0.780. The van der Waals surface area contributed by atoms with Crippen LogP contribution in [0.5, 0.6) is 0 Å². The SMILES string of the molecule is C/C=C/[C@@H]1OC(C)(C)O[C@H]1[C@H](NC(=O)OC(C)(C)C)[C@H](C)O. The van der Waals surface area contributed by atoms with Crippen LogP contribution in [0.4, 0.5) is 4.79 Å². The molecule has 4 atom stereocenters. The number of carbonyl (C=O) groups is 1. The fraction of sp³-hybridized carbons (Fsp3) is 0.812. The number of alkyl carbamates (subject to hydrolysis) is 1. The Balaban J connectivity index is 2.87. The smallest absolute Gasteiger partial charge is 0.408 e. The molecule has 0 bridgehead atoms. The Morgan fingerprint density at radius 2 is 1.95 bits per heavy atom.